The maximum atomic E-state index is 11.6. The molecule has 2 aliphatic heterocycles. The minimum atomic E-state index is -0.589. The number of amides is 1. The molecule has 2 saturated heterocycles. The lowest BCUT2D eigenvalue weighted by atomic mass is 9.86. The van der Waals surface area contributed by atoms with E-state index in [0.717, 1.165) is 12.8 Å². The third kappa shape index (κ3) is 1.25. The number of carbonyl (C=O) groups excluding carboxylic acids is 1. The average molecular weight is 185 g/mol. The van der Waals surface area contributed by atoms with Gasteiger partial charge in [0.05, 0.1) is 24.2 Å². The minimum Gasteiger partial charge on any atom is -0.389 e. The van der Waals surface area contributed by atoms with Crippen molar-refractivity contribution >= 4 is 5.91 Å². The molecule has 74 valence electrons. The Balaban J connectivity index is 2.12. The van der Waals surface area contributed by atoms with Crippen LogP contribution in [0, 0.1) is 5.92 Å². The smallest absolute Gasteiger partial charge is 0.230 e. The highest BCUT2D eigenvalue weighted by Crippen LogP contribution is 2.39. The van der Waals surface area contributed by atoms with Crippen molar-refractivity contribution in [3.8, 4) is 0 Å². The highest BCUT2D eigenvalue weighted by molar-refractivity contribution is 5.80. The van der Waals surface area contributed by atoms with Crippen molar-refractivity contribution in [3.63, 3.8) is 0 Å². The molecule has 1 amide bonds. The van der Waals surface area contributed by atoms with E-state index in [2.05, 4.69) is 0 Å². The Morgan fingerprint density at radius 3 is 2.46 bits per heavy atom. The SMILES string of the molecule is CN(C)C(=O)[C@H]1C2CCC(O2)C1O. The van der Waals surface area contributed by atoms with Crippen LogP contribution in [-0.2, 0) is 9.53 Å². The maximum absolute atomic E-state index is 11.6. The normalized spacial score (nSPS) is 42.4. The highest BCUT2D eigenvalue weighted by Gasteiger charge is 2.51. The summed E-state index contributed by atoms with van der Waals surface area (Å²) in [5.41, 5.74) is 0. The van der Waals surface area contributed by atoms with Gasteiger partial charge in [-0.25, -0.2) is 0 Å². The second-order valence-electron chi connectivity index (χ2n) is 4.04. The van der Waals surface area contributed by atoms with Crippen molar-refractivity contribution in [2.75, 3.05) is 14.1 Å². The van der Waals surface area contributed by atoms with E-state index in [9.17, 15) is 9.90 Å². The molecule has 2 fully saturated rings. The molecule has 2 rings (SSSR count). The zero-order valence-corrected chi connectivity index (χ0v) is 7.93. The van der Waals surface area contributed by atoms with Crippen LogP contribution < -0.4 is 0 Å². The monoisotopic (exact) mass is 185 g/mol. The molecule has 0 radical (unpaired) electrons. The topological polar surface area (TPSA) is 49.8 Å². The van der Waals surface area contributed by atoms with Crippen LogP contribution in [0.25, 0.3) is 0 Å². The fourth-order valence-corrected chi connectivity index (χ4v) is 2.26. The van der Waals surface area contributed by atoms with Crippen LogP contribution in [-0.4, -0.2) is 48.3 Å². The molecule has 1 N–H and O–H groups in total. The van der Waals surface area contributed by atoms with Gasteiger partial charge in [-0.2, -0.15) is 0 Å². The van der Waals surface area contributed by atoms with Gasteiger partial charge in [0.15, 0.2) is 0 Å². The first-order valence-corrected chi connectivity index (χ1v) is 4.66. The molecule has 0 aromatic rings. The summed E-state index contributed by atoms with van der Waals surface area (Å²) in [6.45, 7) is 0. The van der Waals surface area contributed by atoms with E-state index in [1.54, 1.807) is 14.1 Å². The molecular formula is C9H15NO3. The maximum Gasteiger partial charge on any atom is 0.230 e. The van der Waals surface area contributed by atoms with Crippen LogP contribution >= 0.6 is 0 Å². The first-order valence-electron chi connectivity index (χ1n) is 4.66. The summed E-state index contributed by atoms with van der Waals surface area (Å²) in [5.74, 6) is -0.339. The summed E-state index contributed by atoms with van der Waals surface area (Å²) in [5, 5.41) is 9.73. The Labute approximate surface area is 77.5 Å². The standard InChI is InChI=1S/C9H15NO3/c1-10(2)9(12)7-5-3-4-6(13-5)8(7)11/h5-8,11H,3-4H2,1-2H3/t5?,6?,7-,8?/m0/s1. The molecule has 0 aliphatic carbocycles. The molecule has 3 unspecified atom stereocenters. The van der Waals surface area contributed by atoms with Gasteiger partial charge in [-0.15, -0.1) is 0 Å². The van der Waals surface area contributed by atoms with Crippen molar-refractivity contribution in [3.05, 3.63) is 0 Å². The van der Waals surface area contributed by atoms with E-state index in [4.69, 9.17) is 4.74 Å². The zero-order valence-electron chi connectivity index (χ0n) is 7.93. The quantitative estimate of drug-likeness (QED) is 0.605. The van der Waals surface area contributed by atoms with E-state index in [1.165, 1.54) is 4.90 Å². The van der Waals surface area contributed by atoms with Gasteiger partial charge in [0.1, 0.15) is 0 Å². The second kappa shape index (κ2) is 2.96. The summed E-state index contributed by atoms with van der Waals surface area (Å²) in [7, 11) is 3.42. The van der Waals surface area contributed by atoms with Crippen LogP contribution in [0.4, 0.5) is 0 Å². The molecule has 0 spiro atoms. The second-order valence-corrected chi connectivity index (χ2v) is 4.04. The van der Waals surface area contributed by atoms with Gasteiger partial charge in [0, 0.05) is 14.1 Å². The molecule has 4 nitrogen and oxygen atoms in total. The lowest BCUT2D eigenvalue weighted by Crippen LogP contribution is -2.43. The van der Waals surface area contributed by atoms with Crippen molar-refractivity contribution in [1.82, 2.24) is 4.90 Å². The van der Waals surface area contributed by atoms with Gasteiger partial charge >= 0.3 is 0 Å². The van der Waals surface area contributed by atoms with Gasteiger partial charge < -0.3 is 14.7 Å². The third-order valence-corrected chi connectivity index (χ3v) is 2.96. The van der Waals surface area contributed by atoms with Gasteiger partial charge in [0.25, 0.3) is 0 Å². The van der Waals surface area contributed by atoms with Crippen LogP contribution in [0.5, 0.6) is 0 Å². The summed E-state index contributed by atoms with van der Waals surface area (Å²) in [6.07, 6.45) is 1.07. The van der Waals surface area contributed by atoms with E-state index in [0.29, 0.717) is 0 Å². The van der Waals surface area contributed by atoms with Crippen molar-refractivity contribution in [2.24, 2.45) is 5.92 Å². The molecule has 2 aliphatic rings. The van der Waals surface area contributed by atoms with Crippen LogP contribution in [0.3, 0.4) is 0 Å². The van der Waals surface area contributed by atoms with Gasteiger partial charge in [-0.05, 0) is 12.8 Å². The number of aliphatic hydroxyl groups excluding tert-OH is 1. The van der Waals surface area contributed by atoms with E-state index >= 15 is 0 Å². The molecule has 4 heteroatoms. The summed E-state index contributed by atoms with van der Waals surface area (Å²) in [6, 6.07) is 0. The molecule has 0 saturated carbocycles. The molecular weight excluding hydrogens is 170 g/mol. The predicted molar refractivity (Wildman–Crippen MR) is 46.1 cm³/mol. The van der Waals surface area contributed by atoms with Gasteiger partial charge in [-0.1, -0.05) is 0 Å². The number of hydrogen-bond donors (Lipinski definition) is 1. The first kappa shape index (κ1) is 8.97. The molecule has 2 bridgehead atoms. The number of nitrogens with zero attached hydrogens (tertiary/aromatic N) is 1. The number of rotatable bonds is 1. The van der Waals surface area contributed by atoms with Crippen LogP contribution in [0.15, 0.2) is 0 Å². The van der Waals surface area contributed by atoms with E-state index in [-0.39, 0.29) is 24.0 Å². The van der Waals surface area contributed by atoms with Crippen LogP contribution in [0.1, 0.15) is 12.8 Å². The van der Waals surface area contributed by atoms with Gasteiger partial charge in [-0.3, -0.25) is 4.79 Å². The Morgan fingerprint density at radius 1 is 1.38 bits per heavy atom. The Kier molecular flexibility index (Phi) is 2.04. The number of hydrogen-bond acceptors (Lipinski definition) is 3. The number of ether oxygens (including phenoxy) is 1. The number of aliphatic hydroxyl groups is 1. The van der Waals surface area contributed by atoms with Gasteiger partial charge in [0.2, 0.25) is 5.91 Å². The average Bonchev–Trinajstić information content (AvgIpc) is 2.62. The Hall–Kier alpha value is -0.610. The fraction of sp³-hybridized carbons (Fsp3) is 0.889. The zero-order chi connectivity index (χ0) is 9.59. The Bertz CT molecular complexity index is 227. The highest BCUT2D eigenvalue weighted by atomic mass is 16.5. The van der Waals surface area contributed by atoms with Crippen LogP contribution in [0.2, 0.25) is 0 Å². The van der Waals surface area contributed by atoms with E-state index in [1.807, 2.05) is 0 Å². The lowest BCUT2D eigenvalue weighted by molar-refractivity contribution is -0.137. The molecule has 13 heavy (non-hydrogen) atoms. The van der Waals surface area contributed by atoms with E-state index < -0.39 is 6.10 Å². The summed E-state index contributed by atoms with van der Waals surface area (Å²) >= 11 is 0. The predicted octanol–water partition coefficient (Wildman–Crippen LogP) is -0.387. The largest absolute Gasteiger partial charge is 0.389 e. The third-order valence-electron chi connectivity index (χ3n) is 2.96. The molecule has 4 atom stereocenters. The fourth-order valence-electron chi connectivity index (χ4n) is 2.26. The van der Waals surface area contributed by atoms with Crippen molar-refractivity contribution in [2.45, 2.75) is 31.2 Å². The number of carbonyl (C=O) groups is 1. The lowest BCUT2D eigenvalue weighted by Gasteiger charge is -2.25. The molecule has 2 heterocycles. The Morgan fingerprint density at radius 2 is 2.00 bits per heavy atom. The summed E-state index contributed by atoms with van der Waals surface area (Å²) in [4.78, 5) is 13.2. The number of fused-ring (bicyclic) bond motifs is 2. The minimum absolute atomic E-state index is 0.0142. The summed E-state index contributed by atoms with van der Waals surface area (Å²) < 4.78 is 5.47. The first-order chi connectivity index (χ1) is 6.11. The molecule has 0 aromatic carbocycles. The van der Waals surface area contributed by atoms with Crippen molar-refractivity contribution in [1.29, 1.82) is 0 Å². The molecule has 0 aromatic heterocycles. The van der Waals surface area contributed by atoms with Crippen molar-refractivity contribution < 1.29 is 14.6 Å².